The first-order chi connectivity index (χ1) is 11.8. The second-order valence-corrected chi connectivity index (χ2v) is 7.30. The molecule has 1 saturated heterocycles. The second-order valence-electron chi connectivity index (χ2n) is 7.30. The van der Waals surface area contributed by atoms with Gasteiger partial charge in [0.1, 0.15) is 12.2 Å². The first-order valence-electron chi connectivity index (χ1n) is 8.78. The Hall–Kier alpha value is -2.24. The van der Waals surface area contributed by atoms with Crippen molar-refractivity contribution in [1.29, 1.82) is 0 Å². The van der Waals surface area contributed by atoms with E-state index < -0.39 is 11.7 Å². The van der Waals surface area contributed by atoms with Crippen molar-refractivity contribution in [2.75, 3.05) is 13.1 Å². The normalized spacial score (nSPS) is 18.2. The molecule has 1 heterocycles. The van der Waals surface area contributed by atoms with Gasteiger partial charge in [-0.1, -0.05) is 30.3 Å². The summed E-state index contributed by atoms with van der Waals surface area (Å²) in [4.78, 5) is 25.8. The summed E-state index contributed by atoms with van der Waals surface area (Å²) in [5.74, 6) is 0. The highest BCUT2D eigenvalue weighted by Crippen LogP contribution is 2.14. The van der Waals surface area contributed by atoms with Crippen molar-refractivity contribution in [2.24, 2.45) is 0 Å². The molecule has 25 heavy (non-hydrogen) atoms. The Morgan fingerprint density at radius 3 is 2.56 bits per heavy atom. The van der Waals surface area contributed by atoms with Gasteiger partial charge in [0.2, 0.25) is 0 Å². The monoisotopic (exact) mass is 348 g/mol. The number of nitrogens with zero attached hydrogens (tertiary/aromatic N) is 1. The highest BCUT2D eigenvalue weighted by molar-refractivity contribution is 5.68. The van der Waals surface area contributed by atoms with E-state index in [1.165, 1.54) is 0 Å². The molecule has 0 spiro atoms. The Bertz CT molecular complexity index is 569. The van der Waals surface area contributed by atoms with Gasteiger partial charge in [-0.3, -0.25) is 0 Å². The molecule has 6 nitrogen and oxygen atoms in total. The number of ether oxygens (including phenoxy) is 2. The van der Waals surface area contributed by atoms with E-state index in [4.69, 9.17) is 9.47 Å². The average molecular weight is 348 g/mol. The highest BCUT2D eigenvalue weighted by Gasteiger charge is 2.24. The zero-order chi connectivity index (χ0) is 18.3. The van der Waals surface area contributed by atoms with E-state index in [1.54, 1.807) is 4.90 Å². The van der Waals surface area contributed by atoms with Crippen LogP contribution in [0.5, 0.6) is 0 Å². The van der Waals surface area contributed by atoms with Crippen molar-refractivity contribution in [3.8, 4) is 0 Å². The maximum absolute atomic E-state index is 12.2. The van der Waals surface area contributed by atoms with E-state index in [-0.39, 0.29) is 18.7 Å². The fourth-order valence-corrected chi connectivity index (χ4v) is 2.71. The molecule has 1 aliphatic rings. The Morgan fingerprint density at radius 2 is 1.88 bits per heavy atom. The molecule has 1 aromatic carbocycles. The predicted octanol–water partition coefficient (Wildman–Crippen LogP) is 3.70. The number of benzene rings is 1. The van der Waals surface area contributed by atoms with Gasteiger partial charge in [-0.15, -0.1) is 0 Å². The van der Waals surface area contributed by atoms with Crippen molar-refractivity contribution < 1.29 is 19.1 Å². The number of carbonyl (C=O) groups excluding carboxylic acids is 2. The number of rotatable bonds is 3. The molecule has 0 aromatic heterocycles. The lowest BCUT2D eigenvalue weighted by molar-refractivity contribution is 0.0500. The van der Waals surface area contributed by atoms with Crippen LogP contribution in [0.25, 0.3) is 0 Å². The third kappa shape index (κ3) is 7.03. The molecule has 138 valence electrons. The van der Waals surface area contributed by atoms with Crippen LogP contribution in [0.3, 0.4) is 0 Å². The zero-order valence-corrected chi connectivity index (χ0v) is 15.3. The summed E-state index contributed by atoms with van der Waals surface area (Å²) in [5, 5.41) is 2.89. The van der Waals surface area contributed by atoms with Crippen LogP contribution in [0.2, 0.25) is 0 Å². The molecule has 0 saturated carbocycles. The van der Waals surface area contributed by atoms with E-state index in [1.807, 2.05) is 51.1 Å². The van der Waals surface area contributed by atoms with E-state index in [0.717, 1.165) is 18.4 Å². The number of amides is 2. The van der Waals surface area contributed by atoms with Gasteiger partial charge in [-0.2, -0.15) is 0 Å². The largest absolute Gasteiger partial charge is 0.445 e. The summed E-state index contributed by atoms with van der Waals surface area (Å²) in [7, 11) is 0. The maximum Gasteiger partial charge on any atom is 0.410 e. The smallest absolute Gasteiger partial charge is 0.410 e. The van der Waals surface area contributed by atoms with Gasteiger partial charge < -0.3 is 19.7 Å². The van der Waals surface area contributed by atoms with Gasteiger partial charge in [0.25, 0.3) is 0 Å². The molecular formula is C19H28N2O4. The van der Waals surface area contributed by atoms with Gasteiger partial charge in [-0.05, 0) is 45.6 Å². The van der Waals surface area contributed by atoms with Crippen molar-refractivity contribution in [2.45, 2.75) is 58.3 Å². The number of hydrogen-bond acceptors (Lipinski definition) is 4. The maximum atomic E-state index is 12.2. The second kappa shape index (κ2) is 8.74. The van der Waals surface area contributed by atoms with Crippen LogP contribution in [0.4, 0.5) is 9.59 Å². The third-order valence-corrected chi connectivity index (χ3v) is 3.91. The summed E-state index contributed by atoms with van der Waals surface area (Å²) in [6.07, 6.45) is 1.63. The Balaban J connectivity index is 1.76. The van der Waals surface area contributed by atoms with Gasteiger partial charge in [0.15, 0.2) is 0 Å². The van der Waals surface area contributed by atoms with Crippen LogP contribution >= 0.6 is 0 Å². The number of carbonyl (C=O) groups is 2. The quantitative estimate of drug-likeness (QED) is 0.904. The van der Waals surface area contributed by atoms with Crippen LogP contribution in [0.15, 0.2) is 30.3 Å². The molecule has 0 aliphatic carbocycles. The molecule has 1 fully saturated rings. The number of hydrogen-bond donors (Lipinski definition) is 1. The van der Waals surface area contributed by atoms with Gasteiger partial charge in [0, 0.05) is 19.1 Å². The molecule has 6 heteroatoms. The third-order valence-electron chi connectivity index (χ3n) is 3.91. The molecule has 0 radical (unpaired) electrons. The number of alkyl carbamates (subject to hydrolysis) is 1. The van der Waals surface area contributed by atoms with E-state index in [9.17, 15) is 9.59 Å². The predicted molar refractivity (Wildman–Crippen MR) is 95.2 cm³/mol. The summed E-state index contributed by atoms with van der Waals surface area (Å²) < 4.78 is 10.7. The van der Waals surface area contributed by atoms with Crippen molar-refractivity contribution >= 4 is 12.2 Å². The Labute approximate surface area is 149 Å². The standard InChI is InChI=1S/C19H28N2O4/c1-19(2,3)25-17(22)20-16-10-7-12-21(13-11-16)18(23)24-14-15-8-5-4-6-9-15/h4-6,8-9,16H,7,10-14H2,1-3H3,(H,20,22)/t16-/m1/s1. The summed E-state index contributed by atoms with van der Waals surface area (Å²) >= 11 is 0. The van der Waals surface area contributed by atoms with Crippen molar-refractivity contribution in [3.63, 3.8) is 0 Å². The van der Waals surface area contributed by atoms with Crippen LogP contribution in [-0.2, 0) is 16.1 Å². The SMILES string of the molecule is CC(C)(C)OC(=O)N[C@@H]1CCCN(C(=O)OCc2ccccc2)CC1. The van der Waals surface area contributed by atoms with Crippen LogP contribution in [-0.4, -0.2) is 41.8 Å². The summed E-state index contributed by atoms with van der Waals surface area (Å²) in [6, 6.07) is 9.64. The molecule has 1 atom stereocenters. The summed E-state index contributed by atoms with van der Waals surface area (Å²) in [6.45, 7) is 6.99. The van der Waals surface area contributed by atoms with E-state index in [0.29, 0.717) is 19.5 Å². The van der Waals surface area contributed by atoms with E-state index in [2.05, 4.69) is 5.32 Å². The Kier molecular flexibility index (Phi) is 6.67. The number of likely N-dealkylation sites (tertiary alicyclic amines) is 1. The lowest BCUT2D eigenvalue weighted by Crippen LogP contribution is -2.40. The first kappa shape index (κ1) is 19.1. The van der Waals surface area contributed by atoms with Gasteiger partial charge >= 0.3 is 12.2 Å². The molecule has 1 aliphatic heterocycles. The van der Waals surface area contributed by atoms with Crippen molar-refractivity contribution in [1.82, 2.24) is 10.2 Å². The average Bonchev–Trinajstić information content (AvgIpc) is 2.77. The van der Waals surface area contributed by atoms with Gasteiger partial charge in [-0.25, -0.2) is 9.59 Å². The molecule has 2 amide bonds. The summed E-state index contributed by atoms with van der Waals surface area (Å²) in [5.41, 5.74) is 0.456. The van der Waals surface area contributed by atoms with E-state index >= 15 is 0 Å². The molecular weight excluding hydrogens is 320 g/mol. The highest BCUT2D eigenvalue weighted by atomic mass is 16.6. The lowest BCUT2D eigenvalue weighted by atomic mass is 10.1. The molecule has 1 aromatic rings. The topological polar surface area (TPSA) is 67.9 Å². The minimum absolute atomic E-state index is 0.0155. The van der Waals surface area contributed by atoms with Crippen LogP contribution in [0, 0.1) is 0 Å². The fraction of sp³-hybridized carbons (Fsp3) is 0.579. The molecule has 2 rings (SSSR count). The first-order valence-corrected chi connectivity index (χ1v) is 8.78. The minimum atomic E-state index is -0.512. The van der Waals surface area contributed by atoms with Crippen molar-refractivity contribution in [3.05, 3.63) is 35.9 Å². The number of nitrogens with one attached hydrogen (secondary N) is 1. The fourth-order valence-electron chi connectivity index (χ4n) is 2.71. The molecule has 1 N–H and O–H groups in total. The van der Waals surface area contributed by atoms with Gasteiger partial charge in [0.05, 0.1) is 0 Å². The minimum Gasteiger partial charge on any atom is -0.445 e. The Morgan fingerprint density at radius 1 is 1.16 bits per heavy atom. The molecule has 0 bridgehead atoms. The lowest BCUT2D eigenvalue weighted by Gasteiger charge is -2.23. The molecule has 0 unspecified atom stereocenters. The zero-order valence-electron chi connectivity index (χ0n) is 15.3. The van der Waals surface area contributed by atoms with Crippen LogP contribution < -0.4 is 5.32 Å². The van der Waals surface area contributed by atoms with Crippen LogP contribution in [0.1, 0.15) is 45.6 Å².